The molecule has 2 aliphatic carbocycles. The van der Waals surface area contributed by atoms with Crippen molar-refractivity contribution in [2.75, 3.05) is 6.61 Å². The summed E-state index contributed by atoms with van der Waals surface area (Å²) >= 11 is 0. The van der Waals surface area contributed by atoms with Crippen LogP contribution in [0, 0.1) is 11.3 Å². The van der Waals surface area contributed by atoms with Crippen molar-refractivity contribution in [2.45, 2.75) is 44.1 Å². The highest BCUT2D eigenvalue weighted by Gasteiger charge is 2.69. The summed E-state index contributed by atoms with van der Waals surface area (Å²) in [6.45, 7) is 3.03. The zero-order valence-corrected chi connectivity index (χ0v) is 11.4. The minimum absolute atomic E-state index is 0.0636. The summed E-state index contributed by atoms with van der Waals surface area (Å²) in [5.74, 6) is 0.944. The zero-order chi connectivity index (χ0) is 13.1. The van der Waals surface area contributed by atoms with Crippen molar-refractivity contribution in [3.8, 4) is 0 Å². The van der Waals surface area contributed by atoms with Crippen LogP contribution in [-0.2, 0) is 9.53 Å². The molecule has 0 bridgehead atoms. The monoisotopic (exact) mass is 256 g/mol. The highest BCUT2D eigenvalue weighted by Crippen LogP contribution is 2.68. The number of rotatable bonds is 1. The number of ether oxygens (including phenoxy) is 1. The maximum absolute atomic E-state index is 12.6. The van der Waals surface area contributed by atoms with Gasteiger partial charge in [0.05, 0.1) is 18.1 Å². The van der Waals surface area contributed by atoms with Gasteiger partial charge in [0.25, 0.3) is 0 Å². The normalized spacial score (nSPS) is 44.4. The van der Waals surface area contributed by atoms with Crippen LogP contribution in [0.4, 0.5) is 0 Å². The van der Waals surface area contributed by atoms with Gasteiger partial charge >= 0.3 is 0 Å². The topological polar surface area (TPSA) is 26.3 Å². The van der Waals surface area contributed by atoms with Crippen LogP contribution in [0.15, 0.2) is 30.3 Å². The predicted octanol–water partition coefficient (Wildman–Crippen LogP) is 3.32. The first-order chi connectivity index (χ1) is 9.17. The second kappa shape index (κ2) is 3.69. The number of Topliss-reactive ketones (excluding diaryl/α,β-unsaturated/α-hetero) is 1. The van der Waals surface area contributed by atoms with Gasteiger partial charge in [-0.2, -0.15) is 0 Å². The molecule has 1 spiro atoms. The lowest BCUT2D eigenvalue weighted by Crippen LogP contribution is -2.43. The molecular formula is C17H20O2. The second-order valence-electron chi connectivity index (χ2n) is 6.65. The third-order valence-electron chi connectivity index (χ3n) is 5.98. The van der Waals surface area contributed by atoms with Crippen LogP contribution >= 0.6 is 0 Å². The summed E-state index contributed by atoms with van der Waals surface area (Å²) in [6.07, 6.45) is 4.18. The third kappa shape index (κ3) is 1.28. The number of carbonyl (C=O) groups is 1. The number of hydrogen-bond donors (Lipinski definition) is 0. The van der Waals surface area contributed by atoms with Crippen molar-refractivity contribution in [1.29, 1.82) is 0 Å². The van der Waals surface area contributed by atoms with E-state index in [0.29, 0.717) is 11.7 Å². The molecule has 1 heterocycles. The van der Waals surface area contributed by atoms with Crippen LogP contribution in [0.1, 0.15) is 44.1 Å². The van der Waals surface area contributed by atoms with Crippen molar-refractivity contribution in [2.24, 2.45) is 11.3 Å². The molecule has 1 aliphatic heterocycles. The van der Waals surface area contributed by atoms with Gasteiger partial charge < -0.3 is 4.74 Å². The quantitative estimate of drug-likeness (QED) is 0.770. The van der Waals surface area contributed by atoms with E-state index >= 15 is 0 Å². The van der Waals surface area contributed by atoms with Crippen LogP contribution in [0.25, 0.3) is 0 Å². The molecule has 0 unspecified atom stereocenters. The van der Waals surface area contributed by atoms with E-state index in [0.717, 1.165) is 25.9 Å². The van der Waals surface area contributed by atoms with E-state index in [9.17, 15) is 4.79 Å². The molecule has 0 amide bonds. The average molecular weight is 256 g/mol. The van der Waals surface area contributed by atoms with E-state index in [-0.39, 0.29) is 16.9 Å². The van der Waals surface area contributed by atoms with Crippen molar-refractivity contribution in [3.05, 3.63) is 35.9 Å². The molecule has 19 heavy (non-hydrogen) atoms. The van der Waals surface area contributed by atoms with Gasteiger partial charge in [0, 0.05) is 11.8 Å². The summed E-state index contributed by atoms with van der Waals surface area (Å²) in [5, 5.41) is 0. The fraction of sp³-hybridized carbons (Fsp3) is 0.588. The third-order valence-corrected chi connectivity index (χ3v) is 5.98. The molecule has 4 atom stereocenters. The summed E-state index contributed by atoms with van der Waals surface area (Å²) < 4.78 is 6.17. The molecular weight excluding hydrogens is 236 g/mol. The first kappa shape index (κ1) is 11.7. The zero-order valence-electron chi connectivity index (χ0n) is 11.4. The van der Waals surface area contributed by atoms with Gasteiger partial charge in [0.1, 0.15) is 5.78 Å². The van der Waals surface area contributed by atoms with Crippen molar-refractivity contribution >= 4 is 5.78 Å². The Morgan fingerprint density at radius 2 is 2.00 bits per heavy atom. The first-order valence-electron chi connectivity index (χ1n) is 7.39. The van der Waals surface area contributed by atoms with Gasteiger partial charge in [-0.15, -0.1) is 0 Å². The summed E-state index contributed by atoms with van der Waals surface area (Å²) in [6, 6.07) is 10.4. The fourth-order valence-electron chi connectivity index (χ4n) is 5.19. The van der Waals surface area contributed by atoms with E-state index in [1.54, 1.807) is 0 Å². The lowest BCUT2D eigenvalue weighted by atomic mass is 9.63. The Hall–Kier alpha value is -1.15. The molecule has 1 aromatic rings. The molecule has 4 rings (SSSR count). The Bertz CT molecular complexity index is 523. The number of carbonyl (C=O) groups excluding carboxylic acids is 1. The van der Waals surface area contributed by atoms with Crippen LogP contribution in [-0.4, -0.2) is 18.0 Å². The Labute approximate surface area is 114 Å². The van der Waals surface area contributed by atoms with E-state index in [1.165, 1.54) is 12.0 Å². The van der Waals surface area contributed by atoms with Gasteiger partial charge in [-0.25, -0.2) is 0 Å². The van der Waals surface area contributed by atoms with Gasteiger partial charge in [-0.1, -0.05) is 30.3 Å². The molecule has 0 N–H and O–H groups in total. The highest BCUT2D eigenvalue weighted by molar-refractivity contribution is 5.90. The lowest BCUT2D eigenvalue weighted by molar-refractivity contribution is -0.123. The van der Waals surface area contributed by atoms with Gasteiger partial charge in [0.15, 0.2) is 0 Å². The Kier molecular flexibility index (Phi) is 2.27. The molecule has 0 aromatic heterocycles. The van der Waals surface area contributed by atoms with Crippen molar-refractivity contribution < 1.29 is 9.53 Å². The minimum Gasteiger partial charge on any atom is -0.374 e. The number of benzene rings is 1. The Morgan fingerprint density at radius 1 is 1.21 bits per heavy atom. The largest absolute Gasteiger partial charge is 0.374 e. The highest BCUT2D eigenvalue weighted by atomic mass is 16.5. The summed E-state index contributed by atoms with van der Waals surface area (Å²) in [4.78, 5) is 12.6. The molecule has 0 radical (unpaired) electrons. The van der Waals surface area contributed by atoms with E-state index < -0.39 is 0 Å². The van der Waals surface area contributed by atoms with Crippen LogP contribution < -0.4 is 0 Å². The molecule has 3 fully saturated rings. The van der Waals surface area contributed by atoms with E-state index in [1.807, 2.05) is 6.07 Å². The average Bonchev–Trinajstić information content (AvgIpc) is 2.96. The SMILES string of the molecule is C[C@]12CCC[C@]13[C@H](CO2)CC(=O)[C@@H]3c1ccccc1. The second-order valence-corrected chi connectivity index (χ2v) is 6.65. The molecule has 3 aliphatic rings. The van der Waals surface area contributed by atoms with E-state index in [4.69, 9.17) is 4.74 Å². The smallest absolute Gasteiger partial charge is 0.141 e. The Balaban J connectivity index is 1.88. The summed E-state index contributed by atoms with van der Waals surface area (Å²) in [5.41, 5.74) is 1.20. The molecule has 2 nitrogen and oxygen atoms in total. The first-order valence-corrected chi connectivity index (χ1v) is 7.39. The van der Waals surface area contributed by atoms with Crippen LogP contribution in [0.5, 0.6) is 0 Å². The molecule has 1 saturated heterocycles. The minimum atomic E-state index is -0.0790. The summed E-state index contributed by atoms with van der Waals surface area (Å²) in [7, 11) is 0. The maximum Gasteiger partial charge on any atom is 0.141 e. The maximum atomic E-state index is 12.6. The molecule has 2 saturated carbocycles. The van der Waals surface area contributed by atoms with Crippen LogP contribution in [0.3, 0.4) is 0 Å². The standard InChI is InChI=1S/C17H20O2/c1-16-8-5-9-17(16)13(11-19-16)10-14(18)15(17)12-6-3-2-4-7-12/h2-4,6-7,13,15H,5,8-11H2,1H3/t13-,15-,16-,17+/m0/s1. The Morgan fingerprint density at radius 3 is 2.79 bits per heavy atom. The van der Waals surface area contributed by atoms with Gasteiger partial charge in [-0.3, -0.25) is 4.79 Å². The van der Waals surface area contributed by atoms with Crippen LogP contribution in [0.2, 0.25) is 0 Å². The predicted molar refractivity (Wildman–Crippen MR) is 72.9 cm³/mol. The number of ketones is 1. The molecule has 2 heteroatoms. The van der Waals surface area contributed by atoms with E-state index in [2.05, 4.69) is 31.2 Å². The van der Waals surface area contributed by atoms with Crippen molar-refractivity contribution in [1.82, 2.24) is 0 Å². The van der Waals surface area contributed by atoms with Gasteiger partial charge in [0.2, 0.25) is 0 Å². The molecule has 1 aromatic carbocycles. The fourth-order valence-corrected chi connectivity index (χ4v) is 5.19. The molecule has 100 valence electrons. The van der Waals surface area contributed by atoms with Gasteiger partial charge in [-0.05, 0) is 37.7 Å². The van der Waals surface area contributed by atoms with Crippen molar-refractivity contribution in [3.63, 3.8) is 0 Å². The number of hydrogen-bond acceptors (Lipinski definition) is 2. The lowest BCUT2D eigenvalue weighted by Gasteiger charge is -2.40.